The summed E-state index contributed by atoms with van der Waals surface area (Å²) in [4.78, 5) is 37.5. The smallest absolute Gasteiger partial charge is 0.336 e. The van der Waals surface area contributed by atoms with Crippen LogP contribution in [0.15, 0.2) is 42.6 Å². The number of hydrogen-bond acceptors (Lipinski definition) is 9. The van der Waals surface area contributed by atoms with Gasteiger partial charge in [-0.25, -0.2) is 4.79 Å². The van der Waals surface area contributed by atoms with E-state index in [9.17, 15) is 19.5 Å². The zero-order chi connectivity index (χ0) is 30.2. The molecule has 0 unspecified atom stereocenters. The minimum absolute atomic E-state index is 0.252. The molecule has 0 bridgehead atoms. The lowest BCUT2D eigenvalue weighted by Gasteiger charge is -2.31. The third-order valence-corrected chi connectivity index (χ3v) is 7.59. The van der Waals surface area contributed by atoms with Crippen LogP contribution in [0.4, 0.5) is 0 Å². The summed E-state index contributed by atoms with van der Waals surface area (Å²) in [5.41, 5.74) is -0.330. The van der Waals surface area contributed by atoms with Crippen molar-refractivity contribution in [2.75, 3.05) is 33.4 Å². The molecule has 2 fully saturated rings. The van der Waals surface area contributed by atoms with Gasteiger partial charge in [-0.1, -0.05) is 18.2 Å². The van der Waals surface area contributed by atoms with Crippen molar-refractivity contribution in [1.82, 2.24) is 9.88 Å². The van der Waals surface area contributed by atoms with Gasteiger partial charge in [0, 0.05) is 38.9 Å². The number of likely N-dealkylation sites (tertiary alicyclic amines) is 1. The van der Waals surface area contributed by atoms with Crippen LogP contribution in [0.3, 0.4) is 0 Å². The number of pyridine rings is 1. The van der Waals surface area contributed by atoms with Gasteiger partial charge in [-0.3, -0.25) is 19.5 Å². The first-order valence-corrected chi connectivity index (χ1v) is 13.3. The number of carboxylic acid groups (broad SMARTS) is 3. The Morgan fingerprint density at radius 3 is 2.39 bits per heavy atom. The van der Waals surface area contributed by atoms with Gasteiger partial charge in [0.15, 0.2) is 5.60 Å². The van der Waals surface area contributed by atoms with Crippen molar-refractivity contribution >= 4 is 17.9 Å². The molecule has 41 heavy (non-hydrogen) atoms. The maximum Gasteiger partial charge on any atom is 0.336 e. The quantitative estimate of drug-likeness (QED) is 0.232. The van der Waals surface area contributed by atoms with E-state index in [1.165, 1.54) is 5.56 Å². The molecule has 12 nitrogen and oxygen atoms in total. The highest BCUT2D eigenvalue weighted by Gasteiger charge is 2.53. The zero-order valence-corrected chi connectivity index (χ0v) is 23.2. The maximum absolute atomic E-state index is 11.5. The molecule has 1 aliphatic heterocycles. The van der Waals surface area contributed by atoms with E-state index in [1.54, 1.807) is 13.3 Å². The van der Waals surface area contributed by atoms with Gasteiger partial charge in [-0.15, -0.1) is 0 Å². The lowest BCUT2D eigenvalue weighted by atomic mass is 9.83. The normalized spacial score (nSPS) is 22.0. The highest BCUT2D eigenvalue weighted by Crippen LogP contribution is 2.50. The van der Waals surface area contributed by atoms with Gasteiger partial charge in [0.1, 0.15) is 18.0 Å². The van der Waals surface area contributed by atoms with Gasteiger partial charge >= 0.3 is 17.9 Å². The average Bonchev–Trinajstić information content (AvgIpc) is 3.43. The average molecular weight is 575 g/mol. The first-order valence-electron chi connectivity index (χ1n) is 13.3. The molecule has 1 aromatic carbocycles. The summed E-state index contributed by atoms with van der Waals surface area (Å²) in [6.45, 7) is 6.02. The van der Waals surface area contributed by atoms with E-state index in [-0.39, 0.29) is 5.92 Å². The number of carbonyl (C=O) groups is 3. The second kappa shape index (κ2) is 13.9. The van der Waals surface area contributed by atoms with Crippen LogP contribution in [0.25, 0.3) is 0 Å². The predicted molar refractivity (Wildman–Crippen MR) is 145 cm³/mol. The summed E-state index contributed by atoms with van der Waals surface area (Å²) >= 11 is 0. The fourth-order valence-electron chi connectivity index (χ4n) is 5.70. The Bertz CT molecular complexity index is 1210. The van der Waals surface area contributed by atoms with E-state index in [2.05, 4.69) is 35.0 Å². The molecule has 1 aliphatic carbocycles. The fourth-order valence-corrected chi connectivity index (χ4v) is 5.70. The maximum atomic E-state index is 11.5. The van der Waals surface area contributed by atoms with Gasteiger partial charge in [0.05, 0.1) is 25.1 Å². The number of fused-ring (bicyclic) bond motifs is 1. The molecule has 1 saturated carbocycles. The number of nitrogens with zero attached hydrogens (tertiary/aromatic N) is 2. The van der Waals surface area contributed by atoms with Gasteiger partial charge in [0.25, 0.3) is 0 Å². The number of methoxy groups -OCH3 is 1. The highest BCUT2D eigenvalue weighted by molar-refractivity contribution is 5.88. The summed E-state index contributed by atoms with van der Waals surface area (Å²) < 4.78 is 10.8. The van der Waals surface area contributed by atoms with Crippen LogP contribution in [0, 0.1) is 18.8 Å². The molecular formula is C29H38N2O10. The lowest BCUT2D eigenvalue weighted by molar-refractivity contribution is -0.170. The van der Waals surface area contributed by atoms with Gasteiger partial charge in [-0.05, 0) is 55.0 Å². The summed E-state index contributed by atoms with van der Waals surface area (Å²) in [5.74, 6) is -3.35. The SMILES string of the molecule is COCCOc1cccc(CN2C[C@H]3CC[C@](O)(c4ncccc4C)[C@H]3C2)c1.O=C(O)CC(O)(CC(=O)O)C(=O)O. The summed E-state index contributed by atoms with van der Waals surface area (Å²) in [7, 11) is 1.68. The molecule has 2 aromatic rings. The lowest BCUT2D eigenvalue weighted by Crippen LogP contribution is -2.42. The number of aryl methyl sites for hydroxylation is 1. The number of hydrogen-bond donors (Lipinski definition) is 5. The fraction of sp³-hybridized carbons (Fsp3) is 0.517. The van der Waals surface area contributed by atoms with Crippen molar-refractivity contribution in [3.05, 3.63) is 59.4 Å². The van der Waals surface area contributed by atoms with Gasteiger partial charge in [-0.2, -0.15) is 0 Å². The molecular weight excluding hydrogens is 536 g/mol. The molecule has 1 aromatic heterocycles. The van der Waals surface area contributed by atoms with E-state index < -0.39 is 42.0 Å². The molecule has 5 N–H and O–H groups in total. The molecule has 3 atom stereocenters. The number of aromatic nitrogens is 1. The number of benzene rings is 1. The molecule has 2 heterocycles. The third kappa shape index (κ3) is 8.23. The largest absolute Gasteiger partial charge is 0.491 e. The Morgan fingerprint density at radius 1 is 1.07 bits per heavy atom. The standard InChI is InChI=1S/C23H30N2O3.C6H8O7/c1-17-5-4-10-24-22(17)23(26)9-8-19-15-25(16-21(19)23)14-18-6-3-7-20(13-18)28-12-11-27-2;7-3(8)1-6(13,5(11)12)2-4(9)10/h3-7,10,13,19,21,26H,8-9,11-12,14-16H2,1-2H3;13H,1-2H2,(H,7,8)(H,9,10)(H,11,12)/t19-,21+,23-;/m1./s1. The van der Waals surface area contributed by atoms with Crippen molar-refractivity contribution in [1.29, 1.82) is 0 Å². The topological polar surface area (TPSA) is 187 Å². The molecule has 12 heteroatoms. The Kier molecular flexibility index (Phi) is 10.8. The van der Waals surface area contributed by atoms with E-state index in [4.69, 9.17) is 29.9 Å². The Morgan fingerprint density at radius 2 is 1.78 bits per heavy atom. The molecule has 2 aliphatic rings. The first-order chi connectivity index (χ1) is 19.4. The van der Waals surface area contributed by atoms with E-state index in [0.717, 1.165) is 49.5 Å². The molecule has 0 spiro atoms. The van der Waals surface area contributed by atoms with Crippen molar-refractivity contribution in [3.8, 4) is 5.75 Å². The number of carboxylic acids is 3. The van der Waals surface area contributed by atoms with E-state index in [1.807, 2.05) is 18.2 Å². The highest BCUT2D eigenvalue weighted by atomic mass is 16.5. The summed E-state index contributed by atoms with van der Waals surface area (Å²) in [5, 5.41) is 45.4. The van der Waals surface area contributed by atoms with E-state index >= 15 is 0 Å². The van der Waals surface area contributed by atoms with Crippen molar-refractivity contribution in [2.24, 2.45) is 11.8 Å². The monoisotopic (exact) mass is 574 g/mol. The van der Waals surface area contributed by atoms with Crippen molar-refractivity contribution < 1.29 is 49.4 Å². The van der Waals surface area contributed by atoms with Crippen molar-refractivity contribution in [2.45, 2.75) is 50.4 Å². The van der Waals surface area contributed by atoms with Crippen LogP contribution in [-0.2, 0) is 31.3 Å². The number of aliphatic carboxylic acids is 3. The van der Waals surface area contributed by atoms with Crippen LogP contribution in [-0.4, -0.2) is 92.3 Å². The Labute approximate surface area is 238 Å². The van der Waals surface area contributed by atoms with Gasteiger partial charge < -0.3 is 35.0 Å². The Hall–Kier alpha value is -3.58. The molecule has 224 valence electrons. The predicted octanol–water partition coefficient (Wildman–Crippen LogP) is 1.90. The minimum atomic E-state index is -2.74. The summed E-state index contributed by atoms with van der Waals surface area (Å²) in [6.07, 6.45) is 1.39. The minimum Gasteiger partial charge on any atom is -0.491 e. The van der Waals surface area contributed by atoms with Crippen LogP contribution >= 0.6 is 0 Å². The second-order valence-corrected chi connectivity index (χ2v) is 10.7. The number of aliphatic hydroxyl groups is 2. The third-order valence-electron chi connectivity index (χ3n) is 7.59. The van der Waals surface area contributed by atoms with Crippen LogP contribution < -0.4 is 4.74 Å². The molecule has 0 radical (unpaired) electrons. The first kappa shape index (κ1) is 31.9. The van der Waals surface area contributed by atoms with Crippen molar-refractivity contribution in [3.63, 3.8) is 0 Å². The zero-order valence-electron chi connectivity index (χ0n) is 23.2. The van der Waals surface area contributed by atoms with Crippen LogP contribution in [0.1, 0.15) is 42.5 Å². The summed E-state index contributed by atoms with van der Waals surface area (Å²) in [6, 6.07) is 12.3. The van der Waals surface area contributed by atoms with Gasteiger partial charge in [0.2, 0.25) is 0 Å². The second-order valence-electron chi connectivity index (χ2n) is 10.7. The molecule has 0 amide bonds. The van der Waals surface area contributed by atoms with Crippen LogP contribution in [0.5, 0.6) is 5.75 Å². The molecule has 1 saturated heterocycles. The molecule has 4 rings (SSSR count). The Balaban J connectivity index is 0.000000302. The van der Waals surface area contributed by atoms with E-state index in [0.29, 0.717) is 19.1 Å². The number of ether oxygens (including phenoxy) is 2. The van der Waals surface area contributed by atoms with Crippen LogP contribution in [0.2, 0.25) is 0 Å². The number of rotatable bonds is 12.